The number of nitrogens with zero attached hydrogens (tertiary/aromatic N) is 2. The summed E-state index contributed by atoms with van der Waals surface area (Å²) in [5.74, 6) is 0.104. The van der Waals surface area contributed by atoms with E-state index in [0.717, 1.165) is 0 Å². The van der Waals surface area contributed by atoms with Gasteiger partial charge in [-0.05, 0) is 25.1 Å². The van der Waals surface area contributed by atoms with Crippen molar-refractivity contribution < 1.29 is 8.91 Å². The van der Waals surface area contributed by atoms with Crippen LogP contribution >= 0.6 is 11.6 Å². The Morgan fingerprint density at radius 1 is 1.53 bits per heavy atom. The van der Waals surface area contributed by atoms with Gasteiger partial charge in [0.05, 0.1) is 5.56 Å². The molecular formula is C11H11ClFN3O. The third kappa shape index (κ3) is 2.81. The second-order valence-corrected chi connectivity index (χ2v) is 4.26. The molecule has 1 aromatic heterocycles. The van der Waals surface area contributed by atoms with E-state index in [9.17, 15) is 4.39 Å². The standard InChI is InChI=1S/C11H11ClFN3O/c1-6(14)4-10-15-11(17-16-10)8-3-2-7(12)5-9(8)13/h2-3,5-6H,4,14H2,1H3. The first-order valence-corrected chi connectivity index (χ1v) is 5.47. The van der Waals surface area contributed by atoms with Gasteiger partial charge in [-0.3, -0.25) is 0 Å². The summed E-state index contributed by atoms with van der Waals surface area (Å²) < 4.78 is 18.5. The van der Waals surface area contributed by atoms with E-state index in [1.807, 2.05) is 6.92 Å². The summed E-state index contributed by atoms with van der Waals surface area (Å²) in [5.41, 5.74) is 5.84. The van der Waals surface area contributed by atoms with E-state index in [1.54, 1.807) is 6.07 Å². The molecule has 1 heterocycles. The Balaban J connectivity index is 2.30. The van der Waals surface area contributed by atoms with Gasteiger partial charge in [0.25, 0.3) is 5.89 Å². The number of halogens is 2. The number of rotatable bonds is 3. The van der Waals surface area contributed by atoms with E-state index in [0.29, 0.717) is 17.3 Å². The summed E-state index contributed by atoms with van der Waals surface area (Å²) in [5, 5.41) is 4.05. The van der Waals surface area contributed by atoms with Crippen LogP contribution in [0.3, 0.4) is 0 Å². The van der Waals surface area contributed by atoms with Crippen molar-refractivity contribution in [1.82, 2.24) is 10.1 Å². The maximum Gasteiger partial charge on any atom is 0.260 e. The van der Waals surface area contributed by atoms with Crippen LogP contribution in [0.5, 0.6) is 0 Å². The van der Waals surface area contributed by atoms with Crippen LogP contribution in [0.25, 0.3) is 11.5 Å². The van der Waals surface area contributed by atoms with E-state index < -0.39 is 5.82 Å². The zero-order valence-corrected chi connectivity index (χ0v) is 9.91. The van der Waals surface area contributed by atoms with Crippen molar-refractivity contribution in [2.45, 2.75) is 19.4 Å². The van der Waals surface area contributed by atoms with Crippen LogP contribution in [-0.4, -0.2) is 16.2 Å². The molecule has 1 aromatic carbocycles. The Bertz CT molecular complexity index is 527. The molecule has 90 valence electrons. The number of aromatic nitrogens is 2. The fourth-order valence-electron chi connectivity index (χ4n) is 1.40. The Kier molecular flexibility index (Phi) is 3.40. The molecule has 0 fully saturated rings. The molecule has 0 saturated carbocycles. The number of benzene rings is 1. The molecule has 4 nitrogen and oxygen atoms in total. The highest BCUT2D eigenvalue weighted by Crippen LogP contribution is 2.23. The Labute approximate surface area is 103 Å². The summed E-state index contributed by atoms with van der Waals surface area (Å²) in [6, 6.07) is 4.19. The van der Waals surface area contributed by atoms with Gasteiger partial charge in [0.2, 0.25) is 0 Å². The second kappa shape index (κ2) is 4.81. The minimum atomic E-state index is -0.492. The molecule has 0 spiro atoms. The predicted octanol–water partition coefficient (Wildman–Crippen LogP) is 2.42. The first-order chi connectivity index (χ1) is 8.06. The average Bonchev–Trinajstić information content (AvgIpc) is 2.65. The quantitative estimate of drug-likeness (QED) is 0.915. The molecule has 0 saturated heterocycles. The number of hydrogen-bond acceptors (Lipinski definition) is 4. The molecule has 0 aliphatic carbocycles. The number of hydrogen-bond donors (Lipinski definition) is 1. The highest BCUT2D eigenvalue weighted by Gasteiger charge is 2.14. The van der Waals surface area contributed by atoms with E-state index in [2.05, 4.69) is 10.1 Å². The molecule has 0 aliphatic heterocycles. The highest BCUT2D eigenvalue weighted by atomic mass is 35.5. The van der Waals surface area contributed by atoms with Crippen molar-refractivity contribution in [3.05, 3.63) is 34.9 Å². The van der Waals surface area contributed by atoms with Crippen LogP contribution in [0.15, 0.2) is 22.7 Å². The zero-order valence-electron chi connectivity index (χ0n) is 9.15. The van der Waals surface area contributed by atoms with Crippen LogP contribution < -0.4 is 5.73 Å². The minimum Gasteiger partial charge on any atom is -0.334 e. The summed E-state index contributed by atoms with van der Waals surface area (Å²) in [6.07, 6.45) is 0.485. The van der Waals surface area contributed by atoms with Gasteiger partial charge in [-0.2, -0.15) is 4.98 Å². The van der Waals surface area contributed by atoms with E-state index in [1.165, 1.54) is 12.1 Å². The second-order valence-electron chi connectivity index (χ2n) is 3.82. The van der Waals surface area contributed by atoms with Crippen molar-refractivity contribution in [3.63, 3.8) is 0 Å². The SMILES string of the molecule is CC(N)Cc1noc(-c2ccc(Cl)cc2F)n1. The Morgan fingerprint density at radius 3 is 2.94 bits per heavy atom. The van der Waals surface area contributed by atoms with Crippen molar-refractivity contribution in [2.75, 3.05) is 0 Å². The monoisotopic (exact) mass is 255 g/mol. The fraction of sp³-hybridized carbons (Fsp3) is 0.273. The summed E-state index contributed by atoms with van der Waals surface area (Å²) in [6.45, 7) is 1.83. The van der Waals surface area contributed by atoms with Gasteiger partial charge in [-0.1, -0.05) is 16.8 Å². The van der Waals surface area contributed by atoms with E-state index >= 15 is 0 Å². The van der Waals surface area contributed by atoms with Gasteiger partial charge in [0, 0.05) is 17.5 Å². The topological polar surface area (TPSA) is 64.9 Å². The first-order valence-electron chi connectivity index (χ1n) is 5.10. The van der Waals surface area contributed by atoms with Gasteiger partial charge in [-0.15, -0.1) is 0 Å². The van der Waals surface area contributed by atoms with Gasteiger partial charge in [-0.25, -0.2) is 4.39 Å². The van der Waals surface area contributed by atoms with Crippen molar-refractivity contribution in [2.24, 2.45) is 5.73 Å². The molecule has 2 aromatic rings. The van der Waals surface area contributed by atoms with Crippen molar-refractivity contribution >= 4 is 11.6 Å². The molecular weight excluding hydrogens is 245 g/mol. The predicted molar refractivity (Wildman–Crippen MR) is 62.1 cm³/mol. The smallest absolute Gasteiger partial charge is 0.260 e. The lowest BCUT2D eigenvalue weighted by Crippen LogP contribution is -2.18. The fourth-order valence-corrected chi connectivity index (χ4v) is 1.56. The largest absolute Gasteiger partial charge is 0.334 e. The third-order valence-corrected chi connectivity index (χ3v) is 2.37. The molecule has 0 bridgehead atoms. The summed E-state index contributed by atoms with van der Waals surface area (Å²) in [7, 11) is 0. The third-order valence-electron chi connectivity index (χ3n) is 2.13. The Hall–Kier alpha value is -1.46. The zero-order chi connectivity index (χ0) is 12.4. The summed E-state index contributed by atoms with van der Waals surface area (Å²) in [4.78, 5) is 4.07. The maximum atomic E-state index is 13.6. The molecule has 17 heavy (non-hydrogen) atoms. The highest BCUT2D eigenvalue weighted by molar-refractivity contribution is 6.30. The van der Waals surface area contributed by atoms with Crippen molar-refractivity contribution in [3.8, 4) is 11.5 Å². The maximum absolute atomic E-state index is 13.6. The molecule has 1 unspecified atom stereocenters. The average molecular weight is 256 g/mol. The summed E-state index contributed by atoms with van der Waals surface area (Å²) >= 11 is 5.66. The Morgan fingerprint density at radius 2 is 2.29 bits per heavy atom. The molecule has 6 heteroatoms. The van der Waals surface area contributed by atoms with Crippen LogP contribution in [0.1, 0.15) is 12.7 Å². The molecule has 0 radical (unpaired) electrons. The number of nitrogens with two attached hydrogens (primary N) is 1. The van der Waals surface area contributed by atoms with Gasteiger partial charge in [0.1, 0.15) is 5.82 Å². The van der Waals surface area contributed by atoms with Gasteiger partial charge < -0.3 is 10.3 Å². The molecule has 2 rings (SSSR count). The van der Waals surface area contributed by atoms with Gasteiger partial charge in [0.15, 0.2) is 5.82 Å². The normalized spacial score (nSPS) is 12.7. The lowest BCUT2D eigenvalue weighted by atomic mass is 10.2. The minimum absolute atomic E-state index is 0.0736. The van der Waals surface area contributed by atoms with Crippen LogP contribution in [0, 0.1) is 5.82 Å². The van der Waals surface area contributed by atoms with E-state index in [-0.39, 0.29) is 17.5 Å². The molecule has 1 atom stereocenters. The van der Waals surface area contributed by atoms with Crippen molar-refractivity contribution in [1.29, 1.82) is 0 Å². The first kappa shape index (κ1) is 12.0. The van der Waals surface area contributed by atoms with Gasteiger partial charge >= 0.3 is 0 Å². The molecule has 0 amide bonds. The van der Waals surface area contributed by atoms with Crippen LogP contribution in [0.4, 0.5) is 4.39 Å². The lowest BCUT2D eigenvalue weighted by Gasteiger charge is -1.98. The van der Waals surface area contributed by atoms with Crippen LogP contribution in [-0.2, 0) is 6.42 Å². The van der Waals surface area contributed by atoms with Crippen LogP contribution in [0.2, 0.25) is 5.02 Å². The molecule has 2 N–H and O–H groups in total. The lowest BCUT2D eigenvalue weighted by molar-refractivity contribution is 0.418. The van der Waals surface area contributed by atoms with E-state index in [4.69, 9.17) is 21.9 Å². The molecule has 0 aliphatic rings.